The van der Waals surface area contributed by atoms with Gasteiger partial charge in [0.2, 0.25) is 5.91 Å². The summed E-state index contributed by atoms with van der Waals surface area (Å²) in [6, 6.07) is 7.36. The van der Waals surface area contributed by atoms with E-state index in [0.29, 0.717) is 29.3 Å². The van der Waals surface area contributed by atoms with Gasteiger partial charge in [0.25, 0.3) is 0 Å². The van der Waals surface area contributed by atoms with Crippen LogP contribution in [0.25, 0.3) is 0 Å². The summed E-state index contributed by atoms with van der Waals surface area (Å²) < 4.78 is 18.7. The topological polar surface area (TPSA) is 64.3 Å². The maximum atomic E-state index is 13.1. The summed E-state index contributed by atoms with van der Waals surface area (Å²) in [5, 5.41) is 2.68. The lowest BCUT2D eigenvalue weighted by atomic mass is 10.1. The number of anilines is 2. The van der Waals surface area contributed by atoms with Crippen LogP contribution in [0.15, 0.2) is 30.3 Å². The smallest absolute Gasteiger partial charge is 0.228 e. The number of fused-ring (bicyclic) bond motifs is 1. The van der Waals surface area contributed by atoms with Gasteiger partial charge in [-0.2, -0.15) is 0 Å². The highest BCUT2D eigenvalue weighted by Crippen LogP contribution is 2.36. The second-order valence-corrected chi connectivity index (χ2v) is 4.86. The van der Waals surface area contributed by atoms with Crippen molar-refractivity contribution in [3.8, 4) is 11.5 Å². The van der Waals surface area contributed by atoms with Crippen LogP contribution >= 0.6 is 11.6 Å². The largest absolute Gasteiger partial charge is 0.455 e. The van der Waals surface area contributed by atoms with E-state index >= 15 is 0 Å². The highest BCUT2D eigenvalue weighted by molar-refractivity contribution is 6.30. The van der Waals surface area contributed by atoms with Gasteiger partial charge >= 0.3 is 0 Å². The number of hydrogen-bond donors (Lipinski definition) is 2. The predicted octanol–water partition coefficient (Wildman–Crippen LogP) is 3.35. The first-order valence-corrected chi connectivity index (χ1v) is 6.26. The highest BCUT2D eigenvalue weighted by Gasteiger charge is 2.20. The van der Waals surface area contributed by atoms with Crippen molar-refractivity contribution < 1.29 is 13.9 Å². The van der Waals surface area contributed by atoms with Crippen molar-refractivity contribution in [3.05, 3.63) is 46.7 Å². The number of halogens is 2. The number of nitrogens with one attached hydrogen (secondary N) is 1. The lowest BCUT2D eigenvalue weighted by molar-refractivity contribution is -0.115. The van der Waals surface area contributed by atoms with Gasteiger partial charge < -0.3 is 15.8 Å². The minimum absolute atomic E-state index is 0.0319. The Hall–Kier alpha value is -2.27. The first kappa shape index (κ1) is 12.7. The van der Waals surface area contributed by atoms with Crippen molar-refractivity contribution in [2.75, 3.05) is 11.1 Å². The van der Waals surface area contributed by atoms with E-state index in [4.69, 9.17) is 22.1 Å². The third kappa shape index (κ3) is 2.28. The van der Waals surface area contributed by atoms with Crippen molar-refractivity contribution in [1.29, 1.82) is 0 Å². The number of ether oxygens (including phenoxy) is 1. The van der Waals surface area contributed by atoms with Gasteiger partial charge in [-0.05, 0) is 23.8 Å². The summed E-state index contributed by atoms with van der Waals surface area (Å²) in [6.07, 6.45) is 0.308. The number of nitrogens with two attached hydrogens (primary N) is 1. The van der Waals surface area contributed by atoms with Crippen LogP contribution in [0.5, 0.6) is 11.5 Å². The fourth-order valence-corrected chi connectivity index (χ4v) is 2.20. The Morgan fingerprint density at radius 1 is 1.30 bits per heavy atom. The Morgan fingerprint density at radius 2 is 2.10 bits per heavy atom. The standard InChI is InChI=1S/C14H10ClFN2O2/c15-9-5-8(1-2-10(9)16)20-13-6-12-7(3-11(13)17)4-14(19)18-12/h1-3,5-6H,4,17H2,(H,18,19). The molecule has 0 atom stereocenters. The Labute approximate surface area is 119 Å². The highest BCUT2D eigenvalue weighted by atomic mass is 35.5. The molecule has 2 aromatic carbocycles. The monoisotopic (exact) mass is 292 g/mol. The van der Waals surface area contributed by atoms with E-state index < -0.39 is 5.82 Å². The van der Waals surface area contributed by atoms with E-state index in [0.717, 1.165) is 5.56 Å². The van der Waals surface area contributed by atoms with Crippen molar-refractivity contribution >= 4 is 28.9 Å². The number of amides is 1. The number of carbonyl (C=O) groups is 1. The number of hydrogen-bond acceptors (Lipinski definition) is 3. The van der Waals surface area contributed by atoms with Gasteiger partial charge in [0.15, 0.2) is 5.75 Å². The van der Waals surface area contributed by atoms with E-state index in [9.17, 15) is 9.18 Å². The number of rotatable bonds is 2. The number of benzene rings is 2. The second-order valence-electron chi connectivity index (χ2n) is 4.45. The SMILES string of the molecule is Nc1cc2c(cc1Oc1ccc(F)c(Cl)c1)NC(=O)C2. The van der Waals surface area contributed by atoms with E-state index in [1.807, 2.05) is 0 Å². The molecule has 0 spiro atoms. The molecule has 0 saturated heterocycles. The van der Waals surface area contributed by atoms with Gasteiger partial charge in [-0.25, -0.2) is 4.39 Å². The van der Waals surface area contributed by atoms with Gasteiger partial charge in [-0.15, -0.1) is 0 Å². The lowest BCUT2D eigenvalue weighted by Gasteiger charge is -2.11. The molecule has 3 N–H and O–H groups in total. The zero-order valence-electron chi connectivity index (χ0n) is 10.2. The summed E-state index contributed by atoms with van der Waals surface area (Å²) in [5.41, 5.74) is 7.79. The molecule has 0 unspecified atom stereocenters. The van der Waals surface area contributed by atoms with Gasteiger partial charge in [0, 0.05) is 17.8 Å². The average molecular weight is 293 g/mol. The fourth-order valence-electron chi connectivity index (χ4n) is 2.03. The Morgan fingerprint density at radius 3 is 2.85 bits per heavy atom. The Balaban J connectivity index is 1.93. The molecule has 0 bridgehead atoms. The van der Waals surface area contributed by atoms with E-state index in [1.54, 1.807) is 12.1 Å². The molecule has 1 aliphatic heterocycles. The summed E-state index contributed by atoms with van der Waals surface area (Å²) >= 11 is 5.69. The molecular weight excluding hydrogens is 283 g/mol. The molecule has 3 rings (SSSR count). The predicted molar refractivity (Wildman–Crippen MR) is 74.7 cm³/mol. The third-order valence-corrected chi connectivity index (χ3v) is 3.27. The molecule has 0 aliphatic carbocycles. The third-order valence-electron chi connectivity index (χ3n) is 2.98. The molecule has 102 valence electrons. The molecule has 0 aromatic heterocycles. The van der Waals surface area contributed by atoms with Gasteiger partial charge in [-0.3, -0.25) is 4.79 Å². The maximum Gasteiger partial charge on any atom is 0.228 e. The lowest BCUT2D eigenvalue weighted by Crippen LogP contribution is -2.03. The summed E-state index contributed by atoms with van der Waals surface area (Å²) in [4.78, 5) is 11.3. The van der Waals surface area contributed by atoms with Crippen LogP contribution in [0, 0.1) is 5.82 Å². The molecule has 2 aromatic rings. The molecule has 20 heavy (non-hydrogen) atoms. The molecule has 1 heterocycles. The molecule has 0 fully saturated rings. The normalized spacial score (nSPS) is 13.0. The van der Waals surface area contributed by atoms with Gasteiger partial charge in [0.05, 0.1) is 17.1 Å². The van der Waals surface area contributed by atoms with Gasteiger partial charge in [-0.1, -0.05) is 11.6 Å². The van der Waals surface area contributed by atoms with Crippen molar-refractivity contribution in [2.24, 2.45) is 0 Å². The summed E-state index contributed by atoms with van der Waals surface area (Å²) in [7, 11) is 0. The number of carbonyl (C=O) groups excluding carboxylic acids is 1. The second kappa shape index (κ2) is 4.68. The first-order valence-electron chi connectivity index (χ1n) is 5.88. The fraction of sp³-hybridized carbons (Fsp3) is 0.0714. The first-order chi connectivity index (χ1) is 9.52. The summed E-state index contributed by atoms with van der Waals surface area (Å²) in [6.45, 7) is 0. The van der Waals surface area contributed by atoms with Crippen LogP contribution < -0.4 is 15.8 Å². The molecule has 4 nitrogen and oxygen atoms in total. The molecular formula is C14H10ClFN2O2. The zero-order chi connectivity index (χ0) is 14.3. The zero-order valence-corrected chi connectivity index (χ0v) is 11.0. The van der Waals surface area contributed by atoms with Crippen molar-refractivity contribution in [1.82, 2.24) is 0 Å². The Kier molecular flexibility index (Phi) is 2.99. The van der Waals surface area contributed by atoms with Gasteiger partial charge in [0.1, 0.15) is 11.6 Å². The Bertz CT molecular complexity index is 719. The van der Waals surface area contributed by atoms with Crippen LogP contribution in [0.4, 0.5) is 15.8 Å². The molecule has 1 aliphatic rings. The quantitative estimate of drug-likeness (QED) is 0.834. The van der Waals surface area contributed by atoms with E-state index in [-0.39, 0.29) is 10.9 Å². The molecule has 6 heteroatoms. The van der Waals surface area contributed by atoms with Crippen LogP contribution in [-0.4, -0.2) is 5.91 Å². The van der Waals surface area contributed by atoms with Crippen LogP contribution in [0.2, 0.25) is 5.02 Å². The average Bonchev–Trinajstić information content (AvgIpc) is 2.73. The van der Waals surface area contributed by atoms with Crippen molar-refractivity contribution in [3.63, 3.8) is 0 Å². The van der Waals surface area contributed by atoms with Crippen molar-refractivity contribution in [2.45, 2.75) is 6.42 Å². The summed E-state index contributed by atoms with van der Waals surface area (Å²) in [5.74, 6) is 0.149. The van der Waals surface area contributed by atoms with Crippen LogP contribution in [0.1, 0.15) is 5.56 Å². The van der Waals surface area contributed by atoms with E-state index in [2.05, 4.69) is 5.32 Å². The minimum Gasteiger partial charge on any atom is -0.455 e. The molecule has 0 radical (unpaired) electrons. The maximum absolute atomic E-state index is 13.1. The number of nitrogen functional groups attached to an aromatic ring is 1. The van der Waals surface area contributed by atoms with Crippen LogP contribution in [0.3, 0.4) is 0 Å². The molecule has 0 saturated carbocycles. The van der Waals surface area contributed by atoms with Crippen LogP contribution in [-0.2, 0) is 11.2 Å². The molecule has 1 amide bonds. The minimum atomic E-state index is -0.520. The van der Waals surface area contributed by atoms with E-state index in [1.165, 1.54) is 18.2 Å².